The van der Waals surface area contributed by atoms with Crippen molar-refractivity contribution in [3.8, 4) is 17.2 Å². The van der Waals surface area contributed by atoms with Crippen LogP contribution in [0.1, 0.15) is 5.56 Å². The van der Waals surface area contributed by atoms with Crippen molar-refractivity contribution in [3.63, 3.8) is 0 Å². The van der Waals surface area contributed by atoms with Gasteiger partial charge < -0.3 is 14.6 Å². The lowest BCUT2D eigenvalue weighted by atomic mass is 10.2. The van der Waals surface area contributed by atoms with E-state index >= 15 is 0 Å². The molecule has 0 atom stereocenters. The summed E-state index contributed by atoms with van der Waals surface area (Å²) in [4.78, 5) is 0. The third-order valence-electron chi connectivity index (χ3n) is 2.42. The number of hydrogen-bond acceptors (Lipinski definition) is 3. The molecular formula is C14H14O3. The van der Waals surface area contributed by atoms with Crippen molar-refractivity contribution in [1.82, 2.24) is 0 Å². The average Bonchev–Trinajstić information content (AvgIpc) is 2.38. The Labute approximate surface area is 100 Å². The first-order valence-corrected chi connectivity index (χ1v) is 5.33. The van der Waals surface area contributed by atoms with E-state index in [0.717, 1.165) is 11.3 Å². The van der Waals surface area contributed by atoms with Gasteiger partial charge in [-0.15, -0.1) is 0 Å². The molecule has 88 valence electrons. The van der Waals surface area contributed by atoms with Gasteiger partial charge in [0, 0.05) is 0 Å². The fourth-order valence-corrected chi connectivity index (χ4v) is 1.46. The SMILES string of the molecule is COc1ccc(COc2ccccc2O)cc1. The summed E-state index contributed by atoms with van der Waals surface area (Å²) in [6.07, 6.45) is 0. The maximum absolute atomic E-state index is 9.53. The Morgan fingerprint density at radius 1 is 1.00 bits per heavy atom. The van der Waals surface area contributed by atoms with E-state index in [9.17, 15) is 5.11 Å². The van der Waals surface area contributed by atoms with Crippen molar-refractivity contribution in [3.05, 3.63) is 54.1 Å². The van der Waals surface area contributed by atoms with Gasteiger partial charge in [0.15, 0.2) is 11.5 Å². The lowest BCUT2D eigenvalue weighted by molar-refractivity contribution is 0.289. The number of phenolic OH excluding ortho intramolecular Hbond substituents is 1. The van der Waals surface area contributed by atoms with Crippen LogP contribution in [-0.4, -0.2) is 12.2 Å². The molecule has 0 aliphatic rings. The van der Waals surface area contributed by atoms with Crippen molar-refractivity contribution < 1.29 is 14.6 Å². The van der Waals surface area contributed by atoms with Crippen molar-refractivity contribution in [2.45, 2.75) is 6.61 Å². The summed E-state index contributed by atoms with van der Waals surface area (Å²) in [6.45, 7) is 0.418. The minimum Gasteiger partial charge on any atom is -0.504 e. The zero-order valence-corrected chi connectivity index (χ0v) is 9.59. The summed E-state index contributed by atoms with van der Waals surface area (Å²) < 4.78 is 10.6. The number of benzene rings is 2. The highest BCUT2D eigenvalue weighted by molar-refractivity contribution is 5.38. The molecule has 0 heterocycles. The molecule has 17 heavy (non-hydrogen) atoms. The minimum absolute atomic E-state index is 0.154. The van der Waals surface area contributed by atoms with Gasteiger partial charge in [0.25, 0.3) is 0 Å². The van der Waals surface area contributed by atoms with E-state index in [-0.39, 0.29) is 5.75 Å². The Hall–Kier alpha value is -2.16. The Kier molecular flexibility index (Phi) is 3.50. The average molecular weight is 230 g/mol. The summed E-state index contributed by atoms with van der Waals surface area (Å²) in [5.74, 6) is 1.46. The van der Waals surface area contributed by atoms with Crippen LogP contribution in [0.15, 0.2) is 48.5 Å². The van der Waals surface area contributed by atoms with E-state index in [0.29, 0.717) is 12.4 Å². The van der Waals surface area contributed by atoms with E-state index in [2.05, 4.69) is 0 Å². The molecule has 0 aliphatic heterocycles. The van der Waals surface area contributed by atoms with Crippen molar-refractivity contribution in [2.75, 3.05) is 7.11 Å². The molecule has 0 bridgehead atoms. The second kappa shape index (κ2) is 5.25. The van der Waals surface area contributed by atoms with Gasteiger partial charge in [-0.2, -0.15) is 0 Å². The van der Waals surface area contributed by atoms with Crippen LogP contribution >= 0.6 is 0 Å². The molecule has 0 aliphatic carbocycles. The molecule has 3 heteroatoms. The van der Waals surface area contributed by atoms with Crippen LogP contribution < -0.4 is 9.47 Å². The summed E-state index contributed by atoms with van der Waals surface area (Å²) in [6, 6.07) is 14.5. The number of ether oxygens (including phenoxy) is 2. The van der Waals surface area contributed by atoms with Crippen molar-refractivity contribution in [2.24, 2.45) is 0 Å². The van der Waals surface area contributed by atoms with Crippen molar-refractivity contribution >= 4 is 0 Å². The molecule has 0 fully saturated rings. The Morgan fingerprint density at radius 2 is 1.71 bits per heavy atom. The predicted octanol–water partition coefficient (Wildman–Crippen LogP) is 2.98. The normalized spacial score (nSPS) is 9.94. The molecular weight excluding hydrogens is 216 g/mol. The van der Waals surface area contributed by atoms with Gasteiger partial charge in [0.05, 0.1) is 7.11 Å². The van der Waals surface area contributed by atoms with E-state index < -0.39 is 0 Å². The summed E-state index contributed by atoms with van der Waals surface area (Å²) in [7, 11) is 1.63. The van der Waals surface area contributed by atoms with Crippen LogP contribution in [-0.2, 0) is 6.61 Å². The van der Waals surface area contributed by atoms with E-state index in [4.69, 9.17) is 9.47 Å². The molecule has 1 N–H and O–H groups in total. The van der Waals surface area contributed by atoms with Gasteiger partial charge in [0.1, 0.15) is 12.4 Å². The highest BCUT2D eigenvalue weighted by Gasteiger charge is 2.01. The maximum atomic E-state index is 9.53. The zero-order valence-electron chi connectivity index (χ0n) is 9.59. The predicted molar refractivity (Wildman–Crippen MR) is 65.4 cm³/mol. The first-order valence-electron chi connectivity index (χ1n) is 5.33. The molecule has 3 nitrogen and oxygen atoms in total. The maximum Gasteiger partial charge on any atom is 0.161 e. The quantitative estimate of drug-likeness (QED) is 0.877. The molecule has 0 radical (unpaired) electrons. The fourth-order valence-electron chi connectivity index (χ4n) is 1.46. The highest BCUT2D eigenvalue weighted by atomic mass is 16.5. The van der Waals surface area contributed by atoms with Crippen LogP contribution in [0, 0.1) is 0 Å². The Bertz CT molecular complexity index is 477. The standard InChI is InChI=1S/C14H14O3/c1-16-12-8-6-11(7-9-12)10-17-14-5-3-2-4-13(14)15/h2-9,15H,10H2,1H3. The van der Waals surface area contributed by atoms with Crippen molar-refractivity contribution in [1.29, 1.82) is 0 Å². The number of hydrogen-bond donors (Lipinski definition) is 1. The molecule has 0 unspecified atom stereocenters. The molecule has 0 saturated carbocycles. The van der Waals surface area contributed by atoms with Gasteiger partial charge in [0.2, 0.25) is 0 Å². The molecule has 2 aromatic carbocycles. The van der Waals surface area contributed by atoms with Gasteiger partial charge in [-0.25, -0.2) is 0 Å². The van der Waals surface area contributed by atoms with Crippen LogP contribution in [0.5, 0.6) is 17.2 Å². The third kappa shape index (κ3) is 2.91. The monoisotopic (exact) mass is 230 g/mol. The van der Waals surface area contributed by atoms with Gasteiger partial charge >= 0.3 is 0 Å². The topological polar surface area (TPSA) is 38.7 Å². The summed E-state index contributed by atoms with van der Waals surface area (Å²) >= 11 is 0. The largest absolute Gasteiger partial charge is 0.504 e. The van der Waals surface area contributed by atoms with E-state index in [1.54, 1.807) is 25.3 Å². The number of para-hydroxylation sites is 2. The number of aromatic hydroxyl groups is 1. The lowest BCUT2D eigenvalue weighted by Crippen LogP contribution is -1.95. The fraction of sp³-hybridized carbons (Fsp3) is 0.143. The molecule has 2 aromatic rings. The van der Waals surface area contributed by atoms with Crippen LogP contribution in [0.4, 0.5) is 0 Å². The second-order valence-corrected chi connectivity index (χ2v) is 3.60. The molecule has 0 spiro atoms. The van der Waals surface area contributed by atoms with Gasteiger partial charge in [-0.3, -0.25) is 0 Å². The summed E-state index contributed by atoms with van der Waals surface area (Å²) in [5, 5.41) is 9.53. The van der Waals surface area contributed by atoms with E-state index in [1.165, 1.54) is 0 Å². The Balaban J connectivity index is 2.00. The van der Waals surface area contributed by atoms with Crippen LogP contribution in [0.25, 0.3) is 0 Å². The summed E-state index contributed by atoms with van der Waals surface area (Å²) in [5.41, 5.74) is 1.02. The number of phenols is 1. The number of rotatable bonds is 4. The number of methoxy groups -OCH3 is 1. The molecule has 2 rings (SSSR count). The molecule has 0 saturated heterocycles. The highest BCUT2D eigenvalue weighted by Crippen LogP contribution is 2.25. The van der Waals surface area contributed by atoms with E-state index in [1.807, 2.05) is 30.3 Å². The van der Waals surface area contributed by atoms with Crippen LogP contribution in [0.2, 0.25) is 0 Å². The lowest BCUT2D eigenvalue weighted by Gasteiger charge is -2.08. The molecule has 0 aromatic heterocycles. The van der Waals surface area contributed by atoms with Gasteiger partial charge in [-0.1, -0.05) is 24.3 Å². The first-order chi connectivity index (χ1) is 8.29. The smallest absolute Gasteiger partial charge is 0.161 e. The zero-order chi connectivity index (χ0) is 12.1. The second-order valence-electron chi connectivity index (χ2n) is 3.60. The third-order valence-corrected chi connectivity index (χ3v) is 2.42. The van der Waals surface area contributed by atoms with Gasteiger partial charge in [-0.05, 0) is 29.8 Å². The minimum atomic E-state index is 0.154. The van der Waals surface area contributed by atoms with Crippen LogP contribution in [0.3, 0.4) is 0 Å². The first kappa shape index (κ1) is 11.3. The Morgan fingerprint density at radius 3 is 2.35 bits per heavy atom. The molecule has 0 amide bonds.